The number of nitrogens with one attached hydrogen (secondary N) is 5. The Balaban J connectivity index is 3.12. The zero-order valence-corrected chi connectivity index (χ0v) is 20.2. The normalized spacial score (nSPS) is 24.0. The molecule has 0 aromatic heterocycles. The molecule has 5 unspecified atom stereocenters. The third-order valence-corrected chi connectivity index (χ3v) is 5.68. The lowest BCUT2D eigenvalue weighted by Crippen LogP contribution is -2.56. The molecule has 0 bridgehead atoms. The lowest BCUT2D eigenvalue weighted by Gasteiger charge is -2.28. The molecule has 0 saturated carbocycles. The van der Waals surface area contributed by atoms with Crippen LogP contribution in [0, 0.1) is 17.8 Å². The standard InChI is InChI=1S/C23H39N5O4/c1-13(2)16(6)17-9-8-10-18(21(30)25-15(5)11-12-19(29)26-17)27-22(31)20(14(3)4)28-23(32)24-7/h8,10-18,20H,9H2,1-7H3,(H,25,30)(H,26,29)(H,27,31)(H2,24,28,32). The van der Waals surface area contributed by atoms with Gasteiger partial charge in [0.25, 0.3) is 0 Å². The van der Waals surface area contributed by atoms with Crippen LogP contribution in [0.3, 0.4) is 0 Å². The van der Waals surface area contributed by atoms with Crippen LogP contribution in [0.4, 0.5) is 4.79 Å². The van der Waals surface area contributed by atoms with Gasteiger partial charge in [-0.3, -0.25) is 14.4 Å². The number of carbonyl (C=O) groups excluding carboxylic acids is 4. The Morgan fingerprint density at radius 3 is 2.25 bits per heavy atom. The predicted molar refractivity (Wildman–Crippen MR) is 125 cm³/mol. The van der Waals surface area contributed by atoms with E-state index in [-0.39, 0.29) is 23.8 Å². The summed E-state index contributed by atoms with van der Waals surface area (Å²) in [4.78, 5) is 49.7. The summed E-state index contributed by atoms with van der Waals surface area (Å²) in [5, 5.41) is 13.6. The summed E-state index contributed by atoms with van der Waals surface area (Å²) >= 11 is 0. The van der Waals surface area contributed by atoms with E-state index < -0.39 is 36.0 Å². The number of hydrogen-bond acceptors (Lipinski definition) is 4. The van der Waals surface area contributed by atoms with Gasteiger partial charge in [0.05, 0.1) is 0 Å². The summed E-state index contributed by atoms with van der Waals surface area (Å²) in [6.07, 6.45) is 6.98. The summed E-state index contributed by atoms with van der Waals surface area (Å²) in [5.74, 6) is -0.679. The predicted octanol–water partition coefficient (Wildman–Crippen LogP) is 1.22. The molecule has 9 nitrogen and oxygen atoms in total. The molecule has 180 valence electrons. The highest BCUT2D eigenvalue weighted by molar-refractivity contribution is 5.93. The molecule has 0 aromatic rings. The van der Waals surface area contributed by atoms with Crippen LogP contribution >= 0.6 is 0 Å². The van der Waals surface area contributed by atoms with E-state index in [1.807, 2.05) is 13.8 Å². The second-order valence-electron chi connectivity index (χ2n) is 8.97. The first kappa shape index (κ1) is 27.2. The summed E-state index contributed by atoms with van der Waals surface area (Å²) in [7, 11) is 1.47. The van der Waals surface area contributed by atoms with Crippen LogP contribution in [-0.2, 0) is 14.4 Å². The molecule has 5 N–H and O–H groups in total. The minimum atomic E-state index is -0.920. The molecule has 9 heteroatoms. The van der Waals surface area contributed by atoms with Gasteiger partial charge in [0.15, 0.2) is 0 Å². The Labute approximate surface area is 191 Å². The van der Waals surface area contributed by atoms with E-state index in [0.717, 1.165) is 0 Å². The summed E-state index contributed by atoms with van der Waals surface area (Å²) in [5.41, 5.74) is 0. The Kier molecular flexibility index (Phi) is 10.9. The van der Waals surface area contributed by atoms with Crippen molar-refractivity contribution in [3.05, 3.63) is 24.3 Å². The monoisotopic (exact) mass is 449 g/mol. The van der Waals surface area contributed by atoms with Crippen LogP contribution < -0.4 is 26.6 Å². The highest BCUT2D eigenvalue weighted by Crippen LogP contribution is 2.18. The third-order valence-electron chi connectivity index (χ3n) is 5.68. The maximum Gasteiger partial charge on any atom is 0.315 e. The summed E-state index contributed by atoms with van der Waals surface area (Å²) in [6.45, 7) is 11.6. The fraction of sp³-hybridized carbons (Fsp3) is 0.652. The number of carbonyl (C=O) groups is 4. The van der Waals surface area contributed by atoms with Gasteiger partial charge in [-0.15, -0.1) is 0 Å². The molecule has 1 aliphatic heterocycles. The molecule has 32 heavy (non-hydrogen) atoms. The minimum Gasteiger partial charge on any atom is -0.349 e. The fourth-order valence-electron chi connectivity index (χ4n) is 3.25. The van der Waals surface area contributed by atoms with Crippen molar-refractivity contribution in [2.24, 2.45) is 17.8 Å². The highest BCUT2D eigenvalue weighted by atomic mass is 16.2. The summed E-state index contributed by atoms with van der Waals surface area (Å²) < 4.78 is 0. The molecule has 1 rings (SSSR count). The van der Waals surface area contributed by atoms with Gasteiger partial charge >= 0.3 is 6.03 Å². The van der Waals surface area contributed by atoms with Crippen molar-refractivity contribution in [2.45, 2.75) is 72.1 Å². The van der Waals surface area contributed by atoms with Crippen LogP contribution in [0.2, 0.25) is 0 Å². The van der Waals surface area contributed by atoms with Gasteiger partial charge in [0.2, 0.25) is 17.7 Å². The molecular formula is C23H39N5O4. The van der Waals surface area contributed by atoms with Crippen molar-refractivity contribution in [1.29, 1.82) is 0 Å². The molecule has 0 fully saturated rings. The van der Waals surface area contributed by atoms with Gasteiger partial charge < -0.3 is 26.6 Å². The van der Waals surface area contributed by atoms with E-state index >= 15 is 0 Å². The zero-order chi connectivity index (χ0) is 24.4. The van der Waals surface area contributed by atoms with Gasteiger partial charge in [-0.05, 0) is 31.1 Å². The van der Waals surface area contributed by atoms with Crippen molar-refractivity contribution in [2.75, 3.05) is 7.05 Å². The fourth-order valence-corrected chi connectivity index (χ4v) is 3.25. The Morgan fingerprint density at radius 1 is 1.03 bits per heavy atom. The van der Waals surface area contributed by atoms with Crippen molar-refractivity contribution in [3.63, 3.8) is 0 Å². The lowest BCUT2D eigenvalue weighted by atomic mass is 9.88. The van der Waals surface area contributed by atoms with Gasteiger partial charge in [0.1, 0.15) is 12.1 Å². The number of rotatable bonds is 6. The molecule has 0 saturated heterocycles. The van der Waals surface area contributed by atoms with Crippen LogP contribution in [0.5, 0.6) is 0 Å². The molecule has 0 spiro atoms. The quantitative estimate of drug-likeness (QED) is 0.391. The zero-order valence-electron chi connectivity index (χ0n) is 20.2. The highest BCUT2D eigenvalue weighted by Gasteiger charge is 2.28. The second-order valence-corrected chi connectivity index (χ2v) is 8.97. The molecule has 0 aliphatic carbocycles. The molecule has 0 aromatic carbocycles. The first-order valence-corrected chi connectivity index (χ1v) is 11.2. The molecule has 1 aliphatic rings. The molecular weight excluding hydrogens is 410 g/mol. The van der Waals surface area contributed by atoms with Crippen LogP contribution in [0.25, 0.3) is 0 Å². The first-order chi connectivity index (χ1) is 15.0. The van der Waals surface area contributed by atoms with Crippen molar-refractivity contribution in [1.82, 2.24) is 26.6 Å². The Morgan fingerprint density at radius 2 is 1.69 bits per heavy atom. The van der Waals surface area contributed by atoms with E-state index in [1.165, 1.54) is 13.1 Å². The second kappa shape index (κ2) is 12.9. The molecule has 5 amide bonds. The first-order valence-electron chi connectivity index (χ1n) is 11.2. The van der Waals surface area contributed by atoms with E-state index in [0.29, 0.717) is 12.3 Å². The van der Waals surface area contributed by atoms with Gasteiger partial charge in [-0.2, -0.15) is 0 Å². The Bertz CT molecular complexity index is 732. The molecule has 0 radical (unpaired) electrons. The van der Waals surface area contributed by atoms with Gasteiger partial charge in [0, 0.05) is 25.2 Å². The van der Waals surface area contributed by atoms with Crippen molar-refractivity contribution < 1.29 is 19.2 Å². The van der Waals surface area contributed by atoms with Crippen LogP contribution in [0.15, 0.2) is 24.3 Å². The smallest absolute Gasteiger partial charge is 0.315 e. The van der Waals surface area contributed by atoms with E-state index in [1.54, 1.807) is 25.2 Å². The summed E-state index contributed by atoms with van der Waals surface area (Å²) in [6, 6.07) is -2.72. The van der Waals surface area contributed by atoms with Crippen molar-refractivity contribution in [3.8, 4) is 0 Å². The number of amides is 5. The molecule has 1 heterocycles. The SMILES string of the molecule is CNC(=O)NC(C(=O)NC1C=CCC(C(C)C(C)C)NC(=O)C=CC(C)NC1=O)C(C)C. The van der Waals surface area contributed by atoms with E-state index in [9.17, 15) is 19.2 Å². The van der Waals surface area contributed by atoms with Crippen LogP contribution in [0.1, 0.15) is 48.0 Å². The Hall–Kier alpha value is -2.84. The average Bonchev–Trinajstić information content (AvgIpc) is 2.72. The lowest BCUT2D eigenvalue weighted by molar-refractivity contribution is -0.129. The van der Waals surface area contributed by atoms with E-state index in [4.69, 9.17) is 0 Å². The maximum absolute atomic E-state index is 12.9. The van der Waals surface area contributed by atoms with Gasteiger partial charge in [-0.1, -0.05) is 52.8 Å². The maximum atomic E-state index is 12.9. The topological polar surface area (TPSA) is 128 Å². The number of hydrogen-bond donors (Lipinski definition) is 5. The average molecular weight is 450 g/mol. The minimum absolute atomic E-state index is 0.115. The largest absolute Gasteiger partial charge is 0.349 e. The third kappa shape index (κ3) is 8.72. The molecule has 5 atom stereocenters. The van der Waals surface area contributed by atoms with Crippen LogP contribution in [-0.4, -0.2) is 55.0 Å². The van der Waals surface area contributed by atoms with E-state index in [2.05, 4.69) is 47.4 Å². The van der Waals surface area contributed by atoms with Crippen molar-refractivity contribution >= 4 is 23.8 Å². The number of urea groups is 1. The van der Waals surface area contributed by atoms with Gasteiger partial charge in [-0.25, -0.2) is 4.79 Å².